The molecule has 2 heteroatoms. The first kappa shape index (κ1) is 34.5. The highest BCUT2D eigenvalue weighted by Gasteiger charge is 2.15. The third kappa shape index (κ3) is 8.17. The maximum atomic E-state index is 2.51. The predicted molar refractivity (Wildman–Crippen MR) is 212 cm³/mol. The van der Waals surface area contributed by atoms with Crippen LogP contribution in [0.1, 0.15) is 82.3 Å². The average molecular weight is 633 g/mol. The summed E-state index contributed by atoms with van der Waals surface area (Å²) in [5.41, 5.74) is 17.4. The highest BCUT2D eigenvalue weighted by Crippen LogP contribution is 2.36. The van der Waals surface area contributed by atoms with Gasteiger partial charge in [0.2, 0.25) is 0 Å². The zero-order chi connectivity index (χ0) is 34.2. The number of hydrogen-bond donors (Lipinski definition) is 0. The van der Waals surface area contributed by atoms with E-state index in [1.807, 2.05) is 0 Å². The fourth-order valence-corrected chi connectivity index (χ4v) is 6.62. The third-order valence-electron chi connectivity index (χ3n) is 9.17. The number of hydrogen-bond acceptors (Lipinski definition) is 2. The van der Waals surface area contributed by atoms with Gasteiger partial charge in [-0.1, -0.05) is 110 Å². The Balaban J connectivity index is 1.71. The molecule has 5 rings (SSSR count). The number of anilines is 2. The lowest BCUT2D eigenvalue weighted by Gasteiger charge is -2.24. The highest BCUT2D eigenvalue weighted by atomic mass is 15.1. The summed E-state index contributed by atoms with van der Waals surface area (Å²) in [4.78, 5) is 4.66. The van der Waals surface area contributed by atoms with Gasteiger partial charge in [0.1, 0.15) is 0 Å². The molecule has 0 fully saturated rings. The van der Waals surface area contributed by atoms with Crippen LogP contribution < -0.4 is 9.80 Å². The molecular weight excluding hydrogens is 581 g/mol. The number of rotatable bonds is 12. The molecule has 0 aromatic heterocycles. The maximum absolute atomic E-state index is 2.51. The molecule has 0 radical (unpaired) electrons. The molecule has 0 bridgehead atoms. The SMILES string of the molecule is CCCN(CCC)c1ccc(C(=Cc2ccccc2C(=Cc2ccc(C)cc2C)c2ccc(N(C)C)cc2)c2ccc(C)cc2C)cc1. The van der Waals surface area contributed by atoms with Gasteiger partial charge in [0.05, 0.1) is 0 Å². The zero-order valence-corrected chi connectivity index (χ0v) is 30.3. The van der Waals surface area contributed by atoms with Gasteiger partial charge in [-0.2, -0.15) is 0 Å². The predicted octanol–water partition coefficient (Wildman–Crippen LogP) is 11.8. The standard InChI is InChI=1S/C46H52N2/c1-9-27-48(28-10-2)42-24-20-37(21-25-42)45(43-26-16-34(4)30-36(43)6)32-40-13-11-12-14-44(40)46(31-39-17-15-33(3)29-35(39)5)38-18-22-41(23-19-38)47(7)8/h11-26,29-32H,9-10,27-28H2,1-8H3. The first-order chi connectivity index (χ1) is 23.2. The van der Waals surface area contributed by atoms with Crippen molar-refractivity contribution in [3.8, 4) is 0 Å². The van der Waals surface area contributed by atoms with Gasteiger partial charge in [0.25, 0.3) is 0 Å². The Morgan fingerprint density at radius 3 is 1.60 bits per heavy atom. The molecule has 0 aliphatic carbocycles. The van der Waals surface area contributed by atoms with Crippen molar-refractivity contribution in [1.82, 2.24) is 0 Å². The molecule has 0 aliphatic rings. The Kier molecular flexibility index (Phi) is 11.4. The van der Waals surface area contributed by atoms with Crippen LogP contribution in [-0.4, -0.2) is 27.2 Å². The maximum Gasteiger partial charge on any atom is 0.0366 e. The summed E-state index contributed by atoms with van der Waals surface area (Å²) in [7, 11) is 4.18. The molecule has 0 atom stereocenters. The second-order valence-corrected chi connectivity index (χ2v) is 13.4. The fourth-order valence-electron chi connectivity index (χ4n) is 6.62. The summed E-state index contributed by atoms with van der Waals surface area (Å²) in [6.07, 6.45) is 7.06. The highest BCUT2D eigenvalue weighted by molar-refractivity contribution is 5.99. The minimum atomic E-state index is 1.07. The van der Waals surface area contributed by atoms with Gasteiger partial charge in [-0.3, -0.25) is 0 Å². The Morgan fingerprint density at radius 2 is 1.04 bits per heavy atom. The van der Waals surface area contributed by atoms with E-state index in [1.165, 1.54) is 78.2 Å². The average Bonchev–Trinajstić information content (AvgIpc) is 3.08. The molecular formula is C46H52N2. The largest absolute Gasteiger partial charge is 0.378 e. The molecule has 246 valence electrons. The van der Waals surface area contributed by atoms with Crippen LogP contribution >= 0.6 is 0 Å². The van der Waals surface area contributed by atoms with Crippen LogP contribution in [0.25, 0.3) is 23.3 Å². The van der Waals surface area contributed by atoms with Crippen LogP contribution in [-0.2, 0) is 0 Å². The molecule has 0 spiro atoms. The minimum absolute atomic E-state index is 1.07. The third-order valence-corrected chi connectivity index (χ3v) is 9.17. The van der Waals surface area contributed by atoms with Crippen molar-refractivity contribution in [2.24, 2.45) is 0 Å². The van der Waals surface area contributed by atoms with Gasteiger partial charge >= 0.3 is 0 Å². The van der Waals surface area contributed by atoms with Gasteiger partial charge in [-0.25, -0.2) is 0 Å². The van der Waals surface area contributed by atoms with E-state index in [9.17, 15) is 0 Å². The molecule has 0 unspecified atom stereocenters. The summed E-state index contributed by atoms with van der Waals surface area (Å²) in [6, 6.07) is 40.6. The summed E-state index contributed by atoms with van der Waals surface area (Å²) in [6.45, 7) is 15.4. The van der Waals surface area contributed by atoms with E-state index in [1.54, 1.807) is 0 Å². The van der Waals surface area contributed by atoms with E-state index < -0.39 is 0 Å². The molecule has 0 amide bonds. The Bertz CT molecular complexity index is 1880. The lowest BCUT2D eigenvalue weighted by atomic mass is 9.87. The normalized spacial score (nSPS) is 11.9. The molecule has 0 saturated carbocycles. The van der Waals surface area contributed by atoms with Crippen LogP contribution in [0.3, 0.4) is 0 Å². The monoisotopic (exact) mass is 632 g/mol. The first-order valence-electron chi connectivity index (χ1n) is 17.5. The van der Waals surface area contributed by atoms with E-state index >= 15 is 0 Å². The molecule has 0 heterocycles. The first-order valence-corrected chi connectivity index (χ1v) is 17.5. The quantitative estimate of drug-likeness (QED) is 0.126. The molecule has 0 saturated heterocycles. The second kappa shape index (κ2) is 15.8. The molecule has 48 heavy (non-hydrogen) atoms. The Labute approximate surface area is 290 Å². The van der Waals surface area contributed by atoms with Crippen molar-refractivity contribution in [2.75, 3.05) is 37.0 Å². The fraction of sp³-hybridized carbons (Fsp3) is 0.261. The van der Waals surface area contributed by atoms with Crippen molar-refractivity contribution < 1.29 is 0 Å². The Hall–Kier alpha value is -4.82. The van der Waals surface area contributed by atoms with Gasteiger partial charge in [0, 0.05) is 38.6 Å². The van der Waals surface area contributed by atoms with E-state index in [-0.39, 0.29) is 0 Å². The summed E-state index contributed by atoms with van der Waals surface area (Å²) in [5, 5.41) is 0. The Morgan fingerprint density at radius 1 is 0.521 bits per heavy atom. The van der Waals surface area contributed by atoms with Crippen molar-refractivity contribution >= 4 is 34.7 Å². The zero-order valence-electron chi connectivity index (χ0n) is 30.3. The van der Waals surface area contributed by atoms with Crippen LogP contribution in [0.5, 0.6) is 0 Å². The topological polar surface area (TPSA) is 6.48 Å². The molecule has 0 aliphatic heterocycles. The van der Waals surface area contributed by atoms with Gasteiger partial charge in [-0.15, -0.1) is 0 Å². The number of aryl methyl sites for hydroxylation is 4. The summed E-state index contributed by atoms with van der Waals surface area (Å²) >= 11 is 0. The van der Waals surface area contributed by atoms with Crippen molar-refractivity contribution in [2.45, 2.75) is 54.4 Å². The number of benzene rings is 5. The molecule has 5 aromatic rings. The van der Waals surface area contributed by atoms with Crippen LogP contribution in [0.2, 0.25) is 0 Å². The van der Waals surface area contributed by atoms with E-state index in [2.05, 4.69) is 187 Å². The molecule has 2 nitrogen and oxygen atoms in total. The van der Waals surface area contributed by atoms with Crippen LogP contribution in [0.4, 0.5) is 11.4 Å². The van der Waals surface area contributed by atoms with Crippen molar-refractivity contribution in [3.05, 3.63) is 165 Å². The van der Waals surface area contributed by atoms with Gasteiger partial charge < -0.3 is 9.80 Å². The lowest BCUT2D eigenvalue weighted by Crippen LogP contribution is -2.24. The smallest absolute Gasteiger partial charge is 0.0366 e. The molecule has 5 aromatic carbocycles. The minimum Gasteiger partial charge on any atom is -0.378 e. The molecule has 0 N–H and O–H groups in total. The summed E-state index contributed by atoms with van der Waals surface area (Å²) in [5.74, 6) is 0. The van der Waals surface area contributed by atoms with Crippen LogP contribution in [0.15, 0.2) is 109 Å². The van der Waals surface area contributed by atoms with E-state index in [0.29, 0.717) is 0 Å². The van der Waals surface area contributed by atoms with Crippen molar-refractivity contribution in [1.29, 1.82) is 0 Å². The number of nitrogens with zero attached hydrogens (tertiary/aromatic N) is 2. The van der Waals surface area contributed by atoms with Gasteiger partial charge in [0.15, 0.2) is 0 Å². The van der Waals surface area contributed by atoms with Crippen LogP contribution in [0, 0.1) is 27.7 Å². The lowest BCUT2D eigenvalue weighted by molar-refractivity contribution is 0.745. The van der Waals surface area contributed by atoms with Crippen molar-refractivity contribution in [3.63, 3.8) is 0 Å². The van der Waals surface area contributed by atoms with E-state index in [4.69, 9.17) is 0 Å². The van der Waals surface area contributed by atoms with Gasteiger partial charge in [-0.05, 0) is 133 Å². The summed E-state index contributed by atoms with van der Waals surface area (Å²) < 4.78 is 0. The van der Waals surface area contributed by atoms with E-state index in [0.717, 1.165) is 25.9 Å². The second-order valence-electron chi connectivity index (χ2n) is 13.4.